The molecule has 0 unspecified atom stereocenters. The van der Waals surface area contributed by atoms with Crippen LogP contribution >= 0.6 is 0 Å². The first kappa shape index (κ1) is 9.77. The van der Waals surface area contributed by atoms with Gasteiger partial charge in [0.15, 0.2) is 0 Å². The number of rotatable bonds is 1. The van der Waals surface area contributed by atoms with Crippen molar-refractivity contribution in [2.45, 2.75) is 38.3 Å². The summed E-state index contributed by atoms with van der Waals surface area (Å²) >= 11 is 0. The van der Waals surface area contributed by atoms with Gasteiger partial charge in [-0.1, -0.05) is 0 Å². The van der Waals surface area contributed by atoms with Gasteiger partial charge in [0.2, 0.25) is 0 Å². The minimum atomic E-state index is -0.304. The first-order chi connectivity index (χ1) is 6.58. The first-order valence-corrected chi connectivity index (χ1v) is 5.29. The Labute approximate surface area is 84.6 Å². The second-order valence-corrected chi connectivity index (χ2v) is 4.74. The molecule has 0 atom stereocenters. The van der Waals surface area contributed by atoms with Gasteiger partial charge in [-0.05, 0) is 39.8 Å². The molecule has 4 heteroatoms. The zero-order chi connectivity index (χ0) is 10.2. The van der Waals surface area contributed by atoms with Gasteiger partial charge in [-0.15, -0.1) is 0 Å². The van der Waals surface area contributed by atoms with E-state index in [9.17, 15) is 4.79 Å². The van der Waals surface area contributed by atoms with E-state index in [0.29, 0.717) is 6.04 Å². The molecule has 2 fully saturated rings. The van der Waals surface area contributed by atoms with Gasteiger partial charge in [-0.2, -0.15) is 0 Å². The zero-order valence-corrected chi connectivity index (χ0v) is 8.88. The predicted molar refractivity (Wildman–Crippen MR) is 53.2 cm³/mol. The molecule has 0 radical (unpaired) electrons. The fourth-order valence-corrected chi connectivity index (χ4v) is 2.20. The lowest BCUT2D eigenvalue weighted by Gasteiger charge is -2.29. The molecule has 2 rings (SSSR count). The van der Waals surface area contributed by atoms with Crippen molar-refractivity contribution in [3.8, 4) is 0 Å². The first-order valence-electron chi connectivity index (χ1n) is 5.29. The molecule has 4 nitrogen and oxygen atoms in total. The minimum Gasteiger partial charge on any atom is -0.441 e. The van der Waals surface area contributed by atoms with Crippen LogP contribution in [0.25, 0.3) is 0 Å². The SMILES string of the molecule is CC1(C)CN(C2CCNCC2)C(=O)O1. The molecule has 1 amide bonds. The Morgan fingerprint density at radius 1 is 1.43 bits per heavy atom. The van der Waals surface area contributed by atoms with E-state index in [1.807, 2.05) is 18.7 Å². The van der Waals surface area contributed by atoms with E-state index in [1.54, 1.807) is 0 Å². The van der Waals surface area contributed by atoms with Gasteiger partial charge in [0.1, 0.15) is 5.60 Å². The average Bonchev–Trinajstić information content (AvgIpc) is 2.41. The Morgan fingerprint density at radius 3 is 2.57 bits per heavy atom. The smallest absolute Gasteiger partial charge is 0.410 e. The zero-order valence-electron chi connectivity index (χ0n) is 8.88. The van der Waals surface area contributed by atoms with Crippen molar-refractivity contribution in [2.75, 3.05) is 19.6 Å². The van der Waals surface area contributed by atoms with Crippen LogP contribution in [0, 0.1) is 0 Å². The van der Waals surface area contributed by atoms with Crippen molar-refractivity contribution < 1.29 is 9.53 Å². The van der Waals surface area contributed by atoms with Crippen LogP contribution in [-0.2, 0) is 4.74 Å². The number of carbonyl (C=O) groups excluding carboxylic acids is 1. The highest BCUT2D eigenvalue weighted by Crippen LogP contribution is 2.26. The van der Waals surface area contributed by atoms with Gasteiger partial charge in [0, 0.05) is 6.04 Å². The summed E-state index contributed by atoms with van der Waals surface area (Å²) in [5.41, 5.74) is -0.304. The molecule has 0 bridgehead atoms. The average molecular weight is 198 g/mol. The highest BCUT2D eigenvalue weighted by atomic mass is 16.6. The third-order valence-corrected chi connectivity index (χ3v) is 2.90. The van der Waals surface area contributed by atoms with E-state index in [-0.39, 0.29) is 11.7 Å². The normalized spacial score (nSPS) is 27.9. The molecule has 14 heavy (non-hydrogen) atoms. The summed E-state index contributed by atoms with van der Waals surface area (Å²) in [5.74, 6) is 0. The number of amides is 1. The van der Waals surface area contributed by atoms with Crippen LogP contribution in [0.4, 0.5) is 4.79 Å². The Kier molecular flexibility index (Phi) is 2.39. The lowest BCUT2D eigenvalue weighted by atomic mass is 10.0. The molecule has 2 aliphatic heterocycles. The topological polar surface area (TPSA) is 41.6 Å². The lowest BCUT2D eigenvalue weighted by molar-refractivity contribution is 0.0850. The molecule has 0 aromatic rings. The maximum absolute atomic E-state index is 11.6. The largest absolute Gasteiger partial charge is 0.441 e. The minimum absolute atomic E-state index is 0.137. The highest BCUT2D eigenvalue weighted by Gasteiger charge is 2.40. The summed E-state index contributed by atoms with van der Waals surface area (Å²) in [6.45, 7) is 6.68. The fraction of sp³-hybridized carbons (Fsp3) is 0.900. The number of piperidine rings is 1. The molecule has 2 aliphatic rings. The molecule has 80 valence electrons. The van der Waals surface area contributed by atoms with Crippen molar-refractivity contribution in [2.24, 2.45) is 0 Å². The quantitative estimate of drug-likeness (QED) is 0.682. The summed E-state index contributed by atoms with van der Waals surface area (Å²) in [6, 6.07) is 0.380. The number of ether oxygens (including phenoxy) is 1. The maximum Gasteiger partial charge on any atom is 0.410 e. The number of hydrogen-bond donors (Lipinski definition) is 1. The summed E-state index contributed by atoms with van der Waals surface area (Å²) in [5, 5.41) is 3.29. The second kappa shape index (κ2) is 3.42. The Hall–Kier alpha value is -0.770. The van der Waals surface area contributed by atoms with E-state index in [0.717, 1.165) is 32.5 Å². The fourth-order valence-electron chi connectivity index (χ4n) is 2.20. The van der Waals surface area contributed by atoms with Crippen LogP contribution in [0.5, 0.6) is 0 Å². The molecule has 2 saturated heterocycles. The third kappa shape index (κ3) is 1.85. The summed E-state index contributed by atoms with van der Waals surface area (Å²) in [4.78, 5) is 13.5. The van der Waals surface area contributed by atoms with Crippen molar-refractivity contribution >= 4 is 6.09 Å². The predicted octanol–water partition coefficient (Wildman–Crippen LogP) is 0.969. The van der Waals surface area contributed by atoms with Crippen LogP contribution < -0.4 is 5.32 Å². The van der Waals surface area contributed by atoms with Gasteiger partial charge in [0.25, 0.3) is 0 Å². The van der Waals surface area contributed by atoms with Crippen LogP contribution in [0.2, 0.25) is 0 Å². The molecular formula is C10H18N2O2. The van der Waals surface area contributed by atoms with Gasteiger partial charge in [-0.3, -0.25) is 0 Å². The Morgan fingerprint density at radius 2 is 2.07 bits per heavy atom. The van der Waals surface area contributed by atoms with E-state index in [4.69, 9.17) is 4.74 Å². The summed E-state index contributed by atoms with van der Waals surface area (Å²) < 4.78 is 5.28. The molecule has 0 saturated carbocycles. The van der Waals surface area contributed by atoms with Gasteiger partial charge >= 0.3 is 6.09 Å². The van der Waals surface area contributed by atoms with Gasteiger partial charge < -0.3 is 15.0 Å². The highest BCUT2D eigenvalue weighted by molar-refractivity contribution is 5.71. The Balaban J connectivity index is 2.00. The molecule has 2 heterocycles. The van der Waals surface area contributed by atoms with Crippen molar-refractivity contribution in [1.82, 2.24) is 10.2 Å². The summed E-state index contributed by atoms with van der Waals surface area (Å²) in [6.07, 6.45) is 1.96. The molecule has 0 aromatic heterocycles. The molecule has 1 N–H and O–H groups in total. The van der Waals surface area contributed by atoms with Crippen molar-refractivity contribution in [1.29, 1.82) is 0 Å². The number of carbonyl (C=O) groups is 1. The van der Waals surface area contributed by atoms with Crippen LogP contribution in [-0.4, -0.2) is 42.3 Å². The summed E-state index contributed by atoms with van der Waals surface area (Å²) in [7, 11) is 0. The Bertz CT molecular complexity index is 234. The number of nitrogens with one attached hydrogen (secondary N) is 1. The molecule has 0 aliphatic carbocycles. The third-order valence-electron chi connectivity index (χ3n) is 2.90. The molecular weight excluding hydrogens is 180 g/mol. The lowest BCUT2D eigenvalue weighted by Crippen LogP contribution is -2.44. The van der Waals surface area contributed by atoms with E-state index < -0.39 is 0 Å². The van der Waals surface area contributed by atoms with Crippen molar-refractivity contribution in [3.05, 3.63) is 0 Å². The van der Waals surface area contributed by atoms with Crippen molar-refractivity contribution in [3.63, 3.8) is 0 Å². The maximum atomic E-state index is 11.6. The number of hydrogen-bond acceptors (Lipinski definition) is 3. The van der Waals surface area contributed by atoms with Gasteiger partial charge in [0.05, 0.1) is 6.54 Å². The molecule has 0 spiro atoms. The monoisotopic (exact) mass is 198 g/mol. The van der Waals surface area contributed by atoms with E-state index in [2.05, 4.69) is 5.32 Å². The standard InChI is InChI=1S/C10H18N2O2/c1-10(2)7-12(9(13)14-10)8-3-5-11-6-4-8/h8,11H,3-7H2,1-2H3. The van der Waals surface area contributed by atoms with Crippen LogP contribution in [0.3, 0.4) is 0 Å². The molecule has 0 aromatic carbocycles. The van der Waals surface area contributed by atoms with Crippen LogP contribution in [0.15, 0.2) is 0 Å². The number of nitrogens with zero attached hydrogens (tertiary/aromatic N) is 1. The second-order valence-electron chi connectivity index (χ2n) is 4.74. The number of cyclic esters (lactones) is 1. The van der Waals surface area contributed by atoms with Crippen LogP contribution in [0.1, 0.15) is 26.7 Å². The van der Waals surface area contributed by atoms with E-state index >= 15 is 0 Å². The van der Waals surface area contributed by atoms with E-state index in [1.165, 1.54) is 0 Å². The van der Waals surface area contributed by atoms with Gasteiger partial charge in [-0.25, -0.2) is 4.79 Å².